The molecule has 2 aromatic carbocycles. The summed E-state index contributed by atoms with van der Waals surface area (Å²) in [4.78, 5) is 35.7. The Hall–Kier alpha value is -5.01. The Labute approximate surface area is 276 Å². The van der Waals surface area contributed by atoms with Crippen molar-refractivity contribution in [2.24, 2.45) is 15.3 Å². The first-order valence-electron chi connectivity index (χ1n) is 15.6. The molecule has 2 fully saturated rings. The second-order valence-electron chi connectivity index (χ2n) is 11.5. The number of esters is 1. The van der Waals surface area contributed by atoms with Crippen molar-refractivity contribution < 1.29 is 33.6 Å². The monoisotopic (exact) mass is 662 g/mol. The second kappa shape index (κ2) is 17.8. The standard InChI is InChI=1S/C31H38N10O7/c1-3-25(41(17-20-10-6-4-7-11-20)31(44)45-18-21-12-8-5-9-13-21)26-15-14-22(35-38-32)30(47-26)48-29-24(37-40-34)16-23(36-39-33)28(27(29)43)46-19(2)42/h4-13,22-30,43H,3,14-18H2,1-2H3/t22-,23-,24+,25?,26?,27-,28+,29-,30-/m1/s1. The zero-order valence-corrected chi connectivity index (χ0v) is 26.6. The highest BCUT2D eigenvalue weighted by atomic mass is 16.7. The molecule has 1 amide bonds. The van der Waals surface area contributed by atoms with Crippen molar-refractivity contribution in [3.05, 3.63) is 103 Å². The van der Waals surface area contributed by atoms with Gasteiger partial charge in [0.1, 0.15) is 18.8 Å². The third-order valence-electron chi connectivity index (χ3n) is 8.36. The summed E-state index contributed by atoms with van der Waals surface area (Å²) in [6, 6.07) is 15.3. The fraction of sp³-hybridized carbons (Fsp3) is 0.548. The molecule has 4 rings (SSSR count). The molecule has 48 heavy (non-hydrogen) atoms. The van der Waals surface area contributed by atoms with E-state index in [1.54, 1.807) is 4.90 Å². The average Bonchev–Trinajstić information content (AvgIpc) is 3.09. The Kier molecular flexibility index (Phi) is 13.3. The molecule has 1 aliphatic carbocycles. The molecule has 0 spiro atoms. The van der Waals surface area contributed by atoms with Crippen LogP contribution in [0.2, 0.25) is 0 Å². The smallest absolute Gasteiger partial charge is 0.410 e. The maximum absolute atomic E-state index is 13.7. The first-order valence-corrected chi connectivity index (χ1v) is 15.6. The van der Waals surface area contributed by atoms with Crippen molar-refractivity contribution in [1.82, 2.24) is 4.90 Å². The molecule has 17 heteroatoms. The maximum Gasteiger partial charge on any atom is 0.410 e. The van der Waals surface area contributed by atoms with Gasteiger partial charge >= 0.3 is 12.1 Å². The maximum atomic E-state index is 13.7. The van der Waals surface area contributed by atoms with Crippen LogP contribution in [0.4, 0.5) is 4.79 Å². The number of aliphatic hydroxyl groups is 1. The molecular weight excluding hydrogens is 624 g/mol. The number of hydrogen-bond donors (Lipinski definition) is 1. The van der Waals surface area contributed by atoms with Crippen LogP contribution in [-0.4, -0.2) is 76.9 Å². The zero-order chi connectivity index (χ0) is 34.5. The van der Waals surface area contributed by atoms with Gasteiger partial charge in [-0.1, -0.05) is 82.9 Å². The van der Waals surface area contributed by atoms with E-state index < -0.39 is 66.9 Å². The minimum atomic E-state index is -1.60. The highest BCUT2D eigenvalue weighted by Gasteiger charge is 2.49. The molecule has 254 valence electrons. The van der Waals surface area contributed by atoms with E-state index in [0.717, 1.165) is 18.1 Å². The summed E-state index contributed by atoms with van der Waals surface area (Å²) in [5.41, 5.74) is 29.4. The Morgan fingerprint density at radius 3 is 2.08 bits per heavy atom. The molecule has 0 radical (unpaired) electrons. The molecule has 1 heterocycles. The molecule has 17 nitrogen and oxygen atoms in total. The molecule has 9 atom stereocenters. The Morgan fingerprint density at radius 1 is 0.917 bits per heavy atom. The van der Waals surface area contributed by atoms with Gasteiger partial charge in [0, 0.05) is 28.2 Å². The first-order chi connectivity index (χ1) is 23.3. The van der Waals surface area contributed by atoms with Gasteiger partial charge in [0.05, 0.1) is 36.4 Å². The van der Waals surface area contributed by atoms with E-state index in [1.807, 2.05) is 67.6 Å². The number of benzene rings is 2. The molecule has 2 aromatic rings. The Balaban J connectivity index is 1.61. The average molecular weight is 663 g/mol. The number of aliphatic hydroxyl groups excluding tert-OH is 1. The van der Waals surface area contributed by atoms with Crippen molar-refractivity contribution in [3.63, 3.8) is 0 Å². The van der Waals surface area contributed by atoms with Gasteiger partial charge < -0.3 is 24.1 Å². The molecule has 1 aliphatic heterocycles. The minimum Gasteiger partial charge on any atom is -0.459 e. The van der Waals surface area contributed by atoms with E-state index in [1.165, 1.54) is 0 Å². The molecule has 2 aliphatic rings. The van der Waals surface area contributed by atoms with E-state index in [-0.39, 0.29) is 19.6 Å². The van der Waals surface area contributed by atoms with Gasteiger partial charge in [0.2, 0.25) is 0 Å². The van der Waals surface area contributed by atoms with Crippen LogP contribution in [0, 0.1) is 0 Å². The second-order valence-corrected chi connectivity index (χ2v) is 11.5. The highest BCUT2D eigenvalue weighted by molar-refractivity contribution is 5.68. The van der Waals surface area contributed by atoms with E-state index in [9.17, 15) is 25.8 Å². The number of carbonyl (C=O) groups is 2. The topological polar surface area (TPSA) is 241 Å². The van der Waals surface area contributed by atoms with Crippen LogP contribution >= 0.6 is 0 Å². The van der Waals surface area contributed by atoms with Crippen LogP contribution < -0.4 is 0 Å². The summed E-state index contributed by atoms with van der Waals surface area (Å²) in [6.45, 7) is 3.34. The van der Waals surface area contributed by atoms with Crippen LogP contribution in [0.3, 0.4) is 0 Å². The summed E-state index contributed by atoms with van der Waals surface area (Å²) in [5.74, 6) is -0.734. The summed E-state index contributed by atoms with van der Waals surface area (Å²) < 4.78 is 23.7. The highest BCUT2D eigenvalue weighted by Crippen LogP contribution is 2.35. The lowest BCUT2D eigenvalue weighted by molar-refractivity contribution is -0.261. The SMILES string of the molecule is CCC(C1CC[C@@H](N=[N+]=[N-])[C@@H](O[C@H]2[C@H](O)[C@@H](OC(C)=O)[C@H](N=[N+]=[N-])C[C@@H]2N=[N+]=[N-])O1)N(Cc1ccccc1)C(=O)OCc1ccccc1. The van der Waals surface area contributed by atoms with E-state index >= 15 is 0 Å². The third-order valence-corrected chi connectivity index (χ3v) is 8.36. The van der Waals surface area contributed by atoms with E-state index in [2.05, 4.69) is 30.1 Å². The molecule has 1 saturated heterocycles. The molecular formula is C31H38N10O7. The zero-order valence-electron chi connectivity index (χ0n) is 26.6. The lowest BCUT2D eigenvalue weighted by Crippen LogP contribution is -2.59. The largest absolute Gasteiger partial charge is 0.459 e. The van der Waals surface area contributed by atoms with Crippen LogP contribution in [0.25, 0.3) is 31.3 Å². The molecule has 2 unspecified atom stereocenters. The lowest BCUT2D eigenvalue weighted by atomic mass is 9.84. The number of azide groups is 3. The van der Waals surface area contributed by atoms with Crippen LogP contribution in [0.5, 0.6) is 0 Å². The quantitative estimate of drug-likeness (QED) is 0.112. The molecule has 1 N–H and O–H groups in total. The summed E-state index contributed by atoms with van der Waals surface area (Å²) >= 11 is 0. The van der Waals surface area contributed by atoms with Crippen molar-refractivity contribution >= 4 is 12.1 Å². The Bertz CT molecular complexity index is 1520. The number of hydrogen-bond acceptors (Lipinski definition) is 10. The van der Waals surface area contributed by atoms with Crippen LogP contribution in [0.1, 0.15) is 50.7 Å². The van der Waals surface area contributed by atoms with Gasteiger partial charge in [-0.15, -0.1) is 0 Å². The van der Waals surface area contributed by atoms with E-state index in [4.69, 9.17) is 24.5 Å². The van der Waals surface area contributed by atoms with Crippen molar-refractivity contribution in [2.75, 3.05) is 0 Å². The first kappa shape index (κ1) is 35.8. The lowest BCUT2D eigenvalue weighted by Gasteiger charge is -2.45. The number of carbonyl (C=O) groups excluding carboxylic acids is 2. The van der Waals surface area contributed by atoms with Gasteiger partial charge in [-0.25, -0.2) is 4.79 Å². The van der Waals surface area contributed by atoms with E-state index in [0.29, 0.717) is 19.3 Å². The Morgan fingerprint density at radius 2 is 1.50 bits per heavy atom. The van der Waals surface area contributed by atoms with Gasteiger partial charge in [0.25, 0.3) is 0 Å². The van der Waals surface area contributed by atoms with Crippen LogP contribution in [0.15, 0.2) is 76.0 Å². The number of amides is 1. The predicted octanol–water partition coefficient (Wildman–Crippen LogP) is 6.23. The number of ether oxygens (including phenoxy) is 4. The summed E-state index contributed by atoms with van der Waals surface area (Å²) in [5, 5.41) is 22.6. The van der Waals surface area contributed by atoms with Gasteiger partial charge in [-0.05, 0) is 53.4 Å². The third kappa shape index (κ3) is 9.29. The number of nitrogens with zero attached hydrogens (tertiary/aromatic N) is 10. The molecule has 0 aromatic heterocycles. The fourth-order valence-corrected chi connectivity index (χ4v) is 6.15. The summed E-state index contributed by atoms with van der Waals surface area (Å²) in [7, 11) is 0. The van der Waals surface area contributed by atoms with Gasteiger partial charge in [0.15, 0.2) is 6.29 Å². The molecule has 0 bridgehead atoms. The van der Waals surface area contributed by atoms with Crippen molar-refractivity contribution in [2.45, 2.75) is 108 Å². The van der Waals surface area contributed by atoms with Crippen LogP contribution in [-0.2, 0) is 36.9 Å². The van der Waals surface area contributed by atoms with Crippen molar-refractivity contribution in [3.8, 4) is 0 Å². The van der Waals surface area contributed by atoms with Crippen molar-refractivity contribution in [1.29, 1.82) is 0 Å². The fourth-order valence-electron chi connectivity index (χ4n) is 6.15. The van der Waals surface area contributed by atoms with Gasteiger partial charge in [-0.2, -0.15) is 0 Å². The predicted molar refractivity (Wildman–Crippen MR) is 170 cm³/mol. The normalized spacial score (nSPS) is 27.1. The number of rotatable bonds is 13. The summed E-state index contributed by atoms with van der Waals surface area (Å²) in [6.07, 6.45) is -5.59. The molecule has 1 saturated carbocycles. The van der Waals surface area contributed by atoms with Gasteiger partial charge in [-0.3, -0.25) is 9.69 Å². The minimum absolute atomic E-state index is 0.0678.